The van der Waals surface area contributed by atoms with Gasteiger partial charge in [0, 0.05) is 4.88 Å². The second kappa shape index (κ2) is 9.24. The SMILES string of the molecule is COC(=O)C1=C(C)N=c2sc(=Cc3cc(OC)c(OC)c(OC)c3)c(=O)n2[C@H]1c1cccs1. The minimum absolute atomic E-state index is 0.250. The molecule has 10 heteroatoms. The van der Waals surface area contributed by atoms with Crippen molar-refractivity contribution in [3.05, 3.63) is 71.0 Å². The van der Waals surface area contributed by atoms with Gasteiger partial charge < -0.3 is 18.9 Å². The van der Waals surface area contributed by atoms with Crippen LogP contribution in [0.1, 0.15) is 23.4 Å². The number of thiazole rings is 1. The molecule has 0 unspecified atom stereocenters. The van der Waals surface area contributed by atoms with Gasteiger partial charge in [-0.2, -0.15) is 0 Å². The molecular formula is C23H22N2O6S2. The molecule has 0 spiro atoms. The maximum absolute atomic E-state index is 13.5. The first-order valence-corrected chi connectivity index (χ1v) is 11.6. The Morgan fingerprint density at radius 3 is 2.36 bits per heavy atom. The molecule has 0 saturated heterocycles. The number of esters is 1. The summed E-state index contributed by atoms with van der Waals surface area (Å²) >= 11 is 2.72. The van der Waals surface area contributed by atoms with Gasteiger partial charge in [0.05, 0.1) is 44.2 Å². The molecule has 8 nitrogen and oxygen atoms in total. The molecule has 1 atom stereocenters. The van der Waals surface area contributed by atoms with Gasteiger partial charge >= 0.3 is 5.97 Å². The van der Waals surface area contributed by atoms with Crippen LogP contribution in [0.2, 0.25) is 0 Å². The van der Waals surface area contributed by atoms with E-state index in [1.165, 1.54) is 51.1 Å². The van der Waals surface area contributed by atoms with Crippen molar-refractivity contribution in [3.63, 3.8) is 0 Å². The third kappa shape index (κ3) is 3.96. The number of allylic oxidation sites excluding steroid dienone is 1. The van der Waals surface area contributed by atoms with Crippen LogP contribution in [0.15, 0.2) is 50.7 Å². The Morgan fingerprint density at radius 2 is 1.82 bits per heavy atom. The highest BCUT2D eigenvalue weighted by Crippen LogP contribution is 2.38. The second-order valence-corrected chi connectivity index (χ2v) is 9.04. The van der Waals surface area contributed by atoms with E-state index in [2.05, 4.69) is 4.99 Å². The van der Waals surface area contributed by atoms with Crippen molar-refractivity contribution >= 4 is 34.7 Å². The monoisotopic (exact) mass is 486 g/mol. The van der Waals surface area contributed by atoms with Crippen LogP contribution in [0.5, 0.6) is 17.2 Å². The molecule has 2 aromatic heterocycles. The normalized spacial score (nSPS) is 15.7. The number of methoxy groups -OCH3 is 4. The third-order valence-electron chi connectivity index (χ3n) is 5.22. The molecule has 0 saturated carbocycles. The summed E-state index contributed by atoms with van der Waals surface area (Å²) in [4.78, 5) is 32.1. The van der Waals surface area contributed by atoms with E-state index in [-0.39, 0.29) is 5.56 Å². The molecule has 0 fully saturated rings. The van der Waals surface area contributed by atoms with Crippen LogP contribution in [-0.2, 0) is 9.53 Å². The van der Waals surface area contributed by atoms with Gasteiger partial charge in [-0.15, -0.1) is 11.3 Å². The molecule has 1 aromatic carbocycles. The first-order valence-electron chi connectivity index (χ1n) is 9.87. The summed E-state index contributed by atoms with van der Waals surface area (Å²) in [6.45, 7) is 1.75. The van der Waals surface area contributed by atoms with E-state index in [1.54, 1.807) is 29.7 Å². The highest BCUT2D eigenvalue weighted by atomic mass is 32.1. The molecule has 1 aliphatic heterocycles. The van der Waals surface area contributed by atoms with Gasteiger partial charge in [-0.3, -0.25) is 9.36 Å². The number of fused-ring (bicyclic) bond motifs is 1. The van der Waals surface area contributed by atoms with Crippen LogP contribution in [0.3, 0.4) is 0 Å². The molecule has 0 amide bonds. The molecule has 3 heterocycles. The number of aromatic nitrogens is 1. The van der Waals surface area contributed by atoms with E-state index < -0.39 is 12.0 Å². The Morgan fingerprint density at radius 1 is 1.12 bits per heavy atom. The molecule has 3 aromatic rings. The summed E-state index contributed by atoms with van der Waals surface area (Å²) in [6, 6.07) is 6.71. The number of benzene rings is 1. The average Bonchev–Trinajstić information content (AvgIpc) is 3.45. The molecule has 1 aliphatic rings. The van der Waals surface area contributed by atoms with E-state index in [4.69, 9.17) is 18.9 Å². The molecule has 4 rings (SSSR count). The maximum atomic E-state index is 13.5. The summed E-state index contributed by atoms with van der Waals surface area (Å²) in [5.74, 6) is 0.926. The minimum Gasteiger partial charge on any atom is -0.493 e. The lowest BCUT2D eigenvalue weighted by molar-refractivity contribution is -0.136. The second-order valence-electron chi connectivity index (χ2n) is 7.05. The summed E-state index contributed by atoms with van der Waals surface area (Å²) in [7, 11) is 5.92. The molecule has 172 valence electrons. The quantitative estimate of drug-likeness (QED) is 0.498. The molecule has 0 radical (unpaired) electrons. The van der Waals surface area contributed by atoms with E-state index in [0.717, 1.165) is 4.88 Å². The predicted molar refractivity (Wildman–Crippen MR) is 126 cm³/mol. The first kappa shape index (κ1) is 22.8. The van der Waals surface area contributed by atoms with E-state index in [1.807, 2.05) is 17.5 Å². The van der Waals surface area contributed by atoms with Crippen LogP contribution >= 0.6 is 22.7 Å². The Hall–Kier alpha value is -3.37. The summed E-state index contributed by atoms with van der Waals surface area (Å²) in [5.41, 5.74) is 1.33. The van der Waals surface area contributed by atoms with E-state index >= 15 is 0 Å². The Bertz CT molecular complexity index is 1390. The lowest BCUT2D eigenvalue weighted by atomic mass is 10.0. The van der Waals surface area contributed by atoms with Crippen molar-refractivity contribution in [2.45, 2.75) is 13.0 Å². The van der Waals surface area contributed by atoms with Crippen LogP contribution in [0.4, 0.5) is 0 Å². The Kier molecular flexibility index (Phi) is 6.39. The Balaban J connectivity index is 1.94. The van der Waals surface area contributed by atoms with Crippen molar-refractivity contribution in [3.8, 4) is 17.2 Å². The van der Waals surface area contributed by atoms with Crippen molar-refractivity contribution in [2.24, 2.45) is 4.99 Å². The van der Waals surface area contributed by atoms with Crippen molar-refractivity contribution < 1.29 is 23.7 Å². The number of ether oxygens (including phenoxy) is 4. The lowest BCUT2D eigenvalue weighted by Gasteiger charge is -2.22. The third-order valence-corrected chi connectivity index (χ3v) is 7.13. The molecule has 0 aliphatic carbocycles. The number of rotatable bonds is 6. The fourth-order valence-electron chi connectivity index (χ4n) is 3.74. The van der Waals surface area contributed by atoms with Gasteiger partial charge in [0.15, 0.2) is 16.3 Å². The number of hydrogen-bond acceptors (Lipinski definition) is 9. The largest absolute Gasteiger partial charge is 0.493 e. The van der Waals surface area contributed by atoms with Gasteiger partial charge in [-0.05, 0) is 42.1 Å². The molecular weight excluding hydrogens is 464 g/mol. The molecule has 0 N–H and O–H groups in total. The smallest absolute Gasteiger partial charge is 0.338 e. The fraction of sp³-hybridized carbons (Fsp3) is 0.261. The Labute approximate surface area is 197 Å². The average molecular weight is 487 g/mol. The van der Waals surface area contributed by atoms with E-state index in [0.29, 0.717) is 43.4 Å². The maximum Gasteiger partial charge on any atom is 0.338 e. The molecule has 33 heavy (non-hydrogen) atoms. The highest BCUT2D eigenvalue weighted by molar-refractivity contribution is 7.10. The van der Waals surface area contributed by atoms with Gasteiger partial charge in [-0.25, -0.2) is 9.79 Å². The summed E-state index contributed by atoms with van der Waals surface area (Å²) in [5, 5.41) is 1.91. The fourth-order valence-corrected chi connectivity index (χ4v) is 5.61. The van der Waals surface area contributed by atoms with Gasteiger partial charge in [0.2, 0.25) is 5.75 Å². The predicted octanol–water partition coefficient (Wildman–Crippen LogP) is 2.50. The zero-order chi connectivity index (χ0) is 23.7. The highest BCUT2D eigenvalue weighted by Gasteiger charge is 2.33. The van der Waals surface area contributed by atoms with Crippen molar-refractivity contribution in [1.82, 2.24) is 4.57 Å². The summed E-state index contributed by atoms with van der Waals surface area (Å²) in [6.07, 6.45) is 1.75. The van der Waals surface area contributed by atoms with E-state index in [9.17, 15) is 9.59 Å². The number of carbonyl (C=O) groups is 1. The zero-order valence-electron chi connectivity index (χ0n) is 18.7. The number of thiophene rings is 1. The van der Waals surface area contributed by atoms with Crippen molar-refractivity contribution in [1.29, 1.82) is 0 Å². The minimum atomic E-state index is -0.601. The standard InChI is InChI=1S/C23H22N2O6S2/c1-12-18(22(27)31-5)19(16-7-6-8-32-16)25-21(26)17(33-23(25)24-12)11-13-9-14(28-2)20(30-4)15(10-13)29-3/h6-11,19H,1-5H3/t19-/m0/s1. The number of carbonyl (C=O) groups excluding carboxylic acids is 1. The van der Waals surface area contributed by atoms with Gasteiger partial charge in [-0.1, -0.05) is 17.4 Å². The van der Waals surface area contributed by atoms with Crippen LogP contribution in [0.25, 0.3) is 6.08 Å². The van der Waals surface area contributed by atoms with Gasteiger partial charge in [0.1, 0.15) is 6.04 Å². The van der Waals surface area contributed by atoms with Crippen molar-refractivity contribution in [2.75, 3.05) is 28.4 Å². The summed E-state index contributed by atoms with van der Waals surface area (Å²) < 4.78 is 23.2. The van der Waals surface area contributed by atoms with Crippen LogP contribution < -0.4 is 29.1 Å². The number of hydrogen-bond donors (Lipinski definition) is 0. The molecule has 0 bridgehead atoms. The van der Waals surface area contributed by atoms with Crippen LogP contribution in [-0.4, -0.2) is 39.0 Å². The number of nitrogens with zero attached hydrogens (tertiary/aromatic N) is 2. The van der Waals surface area contributed by atoms with Crippen LogP contribution in [0, 0.1) is 0 Å². The van der Waals surface area contributed by atoms with Gasteiger partial charge in [0.25, 0.3) is 5.56 Å². The topological polar surface area (TPSA) is 88.4 Å². The first-order chi connectivity index (χ1) is 15.9. The lowest BCUT2D eigenvalue weighted by Crippen LogP contribution is -2.39. The zero-order valence-corrected chi connectivity index (χ0v) is 20.3.